The van der Waals surface area contributed by atoms with E-state index in [9.17, 15) is 4.79 Å². The lowest BCUT2D eigenvalue weighted by Crippen LogP contribution is -2.44. The molecule has 5 nitrogen and oxygen atoms in total. The van der Waals surface area contributed by atoms with Gasteiger partial charge in [-0.05, 0) is 30.7 Å². The second-order valence-corrected chi connectivity index (χ2v) is 7.40. The number of nitrogens with one attached hydrogen (secondary N) is 1. The van der Waals surface area contributed by atoms with Crippen molar-refractivity contribution in [2.45, 2.75) is 23.9 Å². The highest BCUT2D eigenvalue weighted by Crippen LogP contribution is 2.25. The van der Waals surface area contributed by atoms with Crippen LogP contribution in [-0.2, 0) is 10.5 Å². The first-order valence-electron chi connectivity index (χ1n) is 8.77. The Morgan fingerprint density at radius 3 is 2.92 bits per heavy atom. The van der Waals surface area contributed by atoms with Gasteiger partial charge in [-0.1, -0.05) is 42.1 Å². The lowest BCUT2D eigenvalue weighted by atomic mass is 10.1. The van der Waals surface area contributed by atoms with Gasteiger partial charge in [-0.2, -0.15) is 0 Å². The number of carbonyl (C=O) groups excluding carboxylic acids is 1. The number of thioether (sulfide) groups is 1. The van der Waals surface area contributed by atoms with Gasteiger partial charge in [0.05, 0.1) is 23.7 Å². The van der Waals surface area contributed by atoms with E-state index in [1.54, 1.807) is 11.8 Å². The van der Waals surface area contributed by atoms with E-state index in [1.807, 2.05) is 60.4 Å². The summed E-state index contributed by atoms with van der Waals surface area (Å²) in [5, 5.41) is 0.869. The van der Waals surface area contributed by atoms with Crippen LogP contribution in [0.4, 0.5) is 0 Å². The highest BCUT2D eigenvalue weighted by Gasteiger charge is 2.24. The lowest BCUT2D eigenvalue weighted by molar-refractivity contribution is -0.0124. The molecule has 1 unspecified atom stereocenters. The van der Waals surface area contributed by atoms with Gasteiger partial charge >= 0.3 is 0 Å². The number of aromatic amines is 1. The maximum Gasteiger partial charge on any atom is 0.254 e. The highest BCUT2D eigenvalue weighted by atomic mass is 32.2. The summed E-state index contributed by atoms with van der Waals surface area (Å²) in [6.07, 6.45) is 0.0878. The van der Waals surface area contributed by atoms with E-state index in [0.29, 0.717) is 25.4 Å². The Hall–Kier alpha value is -2.31. The first-order valence-corrected chi connectivity index (χ1v) is 9.75. The quantitative estimate of drug-likeness (QED) is 0.714. The highest BCUT2D eigenvalue weighted by molar-refractivity contribution is 7.98. The van der Waals surface area contributed by atoms with Gasteiger partial charge in [0.1, 0.15) is 0 Å². The largest absolute Gasteiger partial charge is 0.375 e. The molecule has 0 spiro atoms. The van der Waals surface area contributed by atoms with Crippen molar-refractivity contribution < 1.29 is 9.53 Å². The molecule has 1 amide bonds. The van der Waals surface area contributed by atoms with E-state index in [1.165, 1.54) is 0 Å². The van der Waals surface area contributed by atoms with Crippen molar-refractivity contribution in [3.05, 3.63) is 59.7 Å². The maximum atomic E-state index is 13.0. The van der Waals surface area contributed by atoms with Gasteiger partial charge in [0.25, 0.3) is 5.91 Å². The molecule has 1 saturated heterocycles. The fourth-order valence-electron chi connectivity index (χ4n) is 3.17. The van der Waals surface area contributed by atoms with E-state index in [0.717, 1.165) is 27.3 Å². The smallest absolute Gasteiger partial charge is 0.254 e. The van der Waals surface area contributed by atoms with Gasteiger partial charge in [0.15, 0.2) is 5.16 Å². The number of H-pyrrole nitrogens is 1. The standard InChI is InChI=1S/C20H21N3O2S/c1-14-12-23(10-11-25-14)19(24)16-7-3-2-6-15(16)13-26-20-21-17-8-4-5-9-18(17)22-20/h2-9,14H,10-13H2,1H3,(H,21,22). The predicted octanol–water partition coefficient (Wildman–Crippen LogP) is 3.72. The molecule has 6 heteroatoms. The predicted molar refractivity (Wildman–Crippen MR) is 103 cm³/mol. The normalized spacial score (nSPS) is 17.6. The molecule has 2 aromatic carbocycles. The number of nitrogens with zero attached hydrogens (tertiary/aromatic N) is 2. The summed E-state index contributed by atoms with van der Waals surface area (Å²) >= 11 is 1.62. The number of carbonyl (C=O) groups is 1. The average Bonchev–Trinajstić information content (AvgIpc) is 3.09. The number of morpholine rings is 1. The number of fused-ring (bicyclic) bond motifs is 1. The molecule has 1 aliphatic heterocycles. The Morgan fingerprint density at radius 2 is 2.08 bits per heavy atom. The third kappa shape index (κ3) is 3.61. The van der Waals surface area contributed by atoms with Crippen LogP contribution in [0.3, 0.4) is 0 Å². The number of benzene rings is 2. The van der Waals surface area contributed by atoms with E-state index >= 15 is 0 Å². The zero-order valence-electron chi connectivity index (χ0n) is 14.6. The Balaban J connectivity index is 1.51. The van der Waals surface area contributed by atoms with Crippen molar-refractivity contribution in [3.63, 3.8) is 0 Å². The van der Waals surface area contributed by atoms with Gasteiger partial charge < -0.3 is 14.6 Å². The molecule has 134 valence electrons. The molecular weight excluding hydrogens is 346 g/mol. The van der Waals surface area contributed by atoms with Crippen LogP contribution in [0.1, 0.15) is 22.8 Å². The molecule has 0 radical (unpaired) electrons. The molecule has 0 bridgehead atoms. The van der Waals surface area contributed by atoms with Crippen molar-refractivity contribution >= 4 is 28.7 Å². The molecule has 0 aliphatic carbocycles. The fraction of sp³-hybridized carbons (Fsp3) is 0.300. The maximum absolute atomic E-state index is 13.0. The summed E-state index contributed by atoms with van der Waals surface area (Å²) in [4.78, 5) is 22.8. The van der Waals surface area contributed by atoms with Gasteiger partial charge in [0.2, 0.25) is 0 Å². The van der Waals surface area contributed by atoms with Gasteiger partial charge in [0, 0.05) is 24.4 Å². The summed E-state index contributed by atoms with van der Waals surface area (Å²) in [6, 6.07) is 15.8. The fourth-order valence-corrected chi connectivity index (χ4v) is 4.06. The van der Waals surface area contributed by atoms with Crippen LogP contribution in [0.25, 0.3) is 11.0 Å². The summed E-state index contributed by atoms with van der Waals surface area (Å²) in [5.74, 6) is 0.780. The third-order valence-corrected chi connectivity index (χ3v) is 5.43. The molecular formula is C20H21N3O2S. The first-order chi connectivity index (χ1) is 12.7. The number of ether oxygens (including phenoxy) is 1. The van der Waals surface area contributed by atoms with E-state index in [4.69, 9.17) is 4.74 Å². The molecule has 4 rings (SSSR count). The molecule has 1 N–H and O–H groups in total. The minimum atomic E-state index is 0.0842. The van der Waals surface area contributed by atoms with E-state index < -0.39 is 0 Å². The topological polar surface area (TPSA) is 58.2 Å². The number of hydrogen-bond acceptors (Lipinski definition) is 4. The van der Waals surface area contributed by atoms with Crippen molar-refractivity contribution in [1.82, 2.24) is 14.9 Å². The summed E-state index contributed by atoms with van der Waals surface area (Å²) < 4.78 is 5.55. The molecule has 3 aromatic rings. The van der Waals surface area contributed by atoms with Gasteiger partial charge in [-0.3, -0.25) is 4.79 Å². The molecule has 2 heterocycles. The number of hydrogen-bond donors (Lipinski definition) is 1. The van der Waals surface area contributed by atoms with Gasteiger partial charge in [-0.15, -0.1) is 0 Å². The van der Waals surface area contributed by atoms with Crippen molar-refractivity contribution in [3.8, 4) is 0 Å². The minimum absolute atomic E-state index is 0.0842. The van der Waals surface area contributed by atoms with E-state index in [2.05, 4.69) is 9.97 Å². The van der Waals surface area contributed by atoms with Crippen LogP contribution in [0.15, 0.2) is 53.7 Å². The lowest BCUT2D eigenvalue weighted by Gasteiger charge is -2.31. The number of amides is 1. The molecule has 26 heavy (non-hydrogen) atoms. The summed E-state index contributed by atoms with van der Waals surface area (Å²) in [7, 11) is 0. The molecule has 1 aliphatic rings. The molecule has 1 atom stereocenters. The van der Waals surface area contributed by atoms with Crippen LogP contribution in [0, 0.1) is 0 Å². The second kappa shape index (κ2) is 7.51. The van der Waals surface area contributed by atoms with Crippen LogP contribution >= 0.6 is 11.8 Å². The Bertz CT molecular complexity index is 891. The molecule has 1 fully saturated rings. The van der Waals surface area contributed by atoms with Crippen LogP contribution in [0.5, 0.6) is 0 Å². The molecule has 0 saturated carbocycles. The second-order valence-electron chi connectivity index (χ2n) is 6.44. The first kappa shape index (κ1) is 17.1. The zero-order valence-corrected chi connectivity index (χ0v) is 15.5. The summed E-state index contributed by atoms with van der Waals surface area (Å²) in [5.41, 5.74) is 3.79. The molecule has 1 aromatic heterocycles. The minimum Gasteiger partial charge on any atom is -0.375 e. The summed E-state index contributed by atoms with van der Waals surface area (Å²) in [6.45, 7) is 3.89. The number of rotatable bonds is 4. The monoisotopic (exact) mass is 367 g/mol. The Kier molecular flexibility index (Phi) is 4.95. The SMILES string of the molecule is CC1CN(C(=O)c2ccccc2CSc2nc3ccccc3[nH]2)CCO1. The van der Waals surface area contributed by atoms with Gasteiger partial charge in [-0.25, -0.2) is 4.98 Å². The average molecular weight is 367 g/mol. The van der Waals surface area contributed by atoms with Crippen molar-refractivity contribution in [1.29, 1.82) is 0 Å². The number of imidazole rings is 1. The third-order valence-electron chi connectivity index (χ3n) is 4.51. The van der Waals surface area contributed by atoms with E-state index in [-0.39, 0.29) is 12.0 Å². The number of aromatic nitrogens is 2. The van der Waals surface area contributed by atoms with Crippen LogP contribution < -0.4 is 0 Å². The van der Waals surface area contributed by atoms with Crippen molar-refractivity contribution in [2.75, 3.05) is 19.7 Å². The zero-order chi connectivity index (χ0) is 17.9. The Morgan fingerprint density at radius 1 is 1.27 bits per heavy atom. The number of para-hydroxylation sites is 2. The van der Waals surface area contributed by atoms with Crippen molar-refractivity contribution in [2.24, 2.45) is 0 Å². The Labute approximate surface area is 156 Å². The van der Waals surface area contributed by atoms with Crippen LogP contribution in [-0.4, -0.2) is 46.6 Å². The van der Waals surface area contributed by atoms with Crippen LogP contribution in [0.2, 0.25) is 0 Å².